The van der Waals surface area contributed by atoms with Crippen LogP contribution in [0, 0.1) is 11.8 Å². The van der Waals surface area contributed by atoms with E-state index in [9.17, 15) is 8.42 Å². The third kappa shape index (κ3) is 3.25. The zero-order valence-corrected chi connectivity index (χ0v) is 11.8. The van der Waals surface area contributed by atoms with Gasteiger partial charge in [0.25, 0.3) is 0 Å². The van der Waals surface area contributed by atoms with Crippen molar-refractivity contribution in [1.29, 1.82) is 0 Å². The summed E-state index contributed by atoms with van der Waals surface area (Å²) in [5.41, 5.74) is 0. The Morgan fingerprint density at radius 1 is 0.944 bits per heavy atom. The van der Waals surface area contributed by atoms with Crippen molar-refractivity contribution in [2.24, 2.45) is 11.8 Å². The van der Waals surface area contributed by atoms with E-state index >= 15 is 0 Å². The van der Waals surface area contributed by atoms with Crippen molar-refractivity contribution in [3.63, 3.8) is 0 Å². The Labute approximate surface area is 110 Å². The molecule has 1 saturated heterocycles. The summed E-state index contributed by atoms with van der Waals surface area (Å²) in [5.74, 6) is 1.44. The van der Waals surface area contributed by atoms with Crippen molar-refractivity contribution >= 4 is 10.0 Å². The molecule has 1 heterocycles. The third-order valence-corrected chi connectivity index (χ3v) is 6.41. The molecule has 104 valence electrons. The van der Waals surface area contributed by atoms with Crippen LogP contribution in [0.3, 0.4) is 0 Å². The molecule has 0 aromatic heterocycles. The molecule has 0 radical (unpaired) electrons. The zero-order valence-electron chi connectivity index (χ0n) is 11.0. The van der Waals surface area contributed by atoms with Crippen LogP contribution in [0.4, 0.5) is 0 Å². The Kier molecular flexibility index (Phi) is 3.65. The third-order valence-electron chi connectivity index (χ3n) is 4.35. The molecule has 3 fully saturated rings. The highest BCUT2D eigenvalue weighted by Gasteiger charge is 2.40. The van der Waals surface area contributed by atoms with E-state index in [1.807, 2.05) is 4.31 Å². The monoisotopic (exact) mass is 272 g/mol. The summed E-state index contributed by atoms with van der Waals surface area (Å²) in [4.78, 5) is 0. The van der Waals surface area contributed by atoms with Crippen LogP contribution in [-0.2, 0) is 10.0 Å². The van der Waals surface area contributed by atoms with Gasteiger partial charge in [-0.05, 0) is 63.5 Å². The first-order valence-corrected chi connectivity index (χ1v) is 8.96. The molecule has 2 aliphatic carbocycles. The fourth-order valence-electron chi connectivity index (χ4n) is 2.85. The molecule has 2 saturated carbocycles. The standard InChI is InChI=1S/C13H24N2O2S/c16-18(17,10-12-1-2-12)15(13-3-4-13)9-11-5-7-14-8-6-11/h11-14H,1-10H2. The maximum absolute atomic E-state index is 12.4. The molecular weight excluding hydrogens is 248 g/mol. The van der Waals surface area contributed by atoms with E-state index in [2.05, 4.69) is 5.32 Å². The highest BCUT2D eigenvalue weighted by molar-refractivity contribution is 7.89. The van der Waals surface area contributed by atoms with Gasteiger partial charge >= 0.3 is 0 Å². The number of hydrogen-bond donors (Lipinski definition) is 1. The fourth-order valence-corrected chi connectivity index (χ4v) is 5.07. The lowest BCUT2D eigenvalue weighted by atomic mass is 9.98. The molecule has 0 atom stereocenters. The van der Waals surface area contributed by atoms with Crippen molar-refractivity contribution in [3.8, 4) is 0 Å². The van der Waals surface area contributed by atoms with Gasteiger partial charge in [-0.15, -0.1) is 0 Å². The highest BCUT2D eigenvalue weighted by atomic mass is 32.2. The number of sulfonamides is 1. The fraction of sp³-hybridized carbons (Fsp3) is 1.00. The second-order valence-corrected chi connectivity index (χ2v) is 8.18. The lowest BCUT2D eigenvalue weighted by Crippen LogP contribution is -2.41. The number of hydrogen-bond acceptors (Lipinski definition) is 3. The zero-order chi connectivity index (χ0) is 12.6. The summed E-state index contributed by atoms with van der Waals surface area (Å²) in [6.07, 6.45) is 6.64. The van der Waals surface area contributed by atoms with Gasteiger partial charge in [-0.25, -0.2) is 8.42 Å². The maximum atomic E-state index is 12.4. The Bertz CT molecular complexity index is 382. The topological polar surface area (TPSA) is 49.4 Å². The summed E-state index contributed by atoms with van der Waals surface area (Å²) in [6, 6.07) is 0.337. The molecule has 4 nitrogen and oxygen atoms in total. The summed E-state index contributed by atoms with van der Waals surface area (Å²) in [7, 11) is -2.98. The molecule has 3 rings (SSSR count). The summed E-state index contributed by atoms with van der Waals surface area (Å²) in [6.45, 7) is 2.87. The van der Waals surface area contributed by atoms with Crippen molar-refractivity contribution < 1.29 is 8.42 Å². The van der Waals surface area contributed by atoms with E-state index in [4.69, 9.17) is 0 Å². The summed E-state index contributed by atoms with van der Waals surface area (Å²) < 4.78 is 26.8. The summed E-state index contributed by atoms with van der Waals surface area (Å²) >= 11 is 0. The number of nitrogens with zero attached hydrogens (tertiary/aromatic N) is 1. The molecule has 0 unspecified atom stereocenters. The molecule has 1 aliphatic heterocycles. The molecule has 1 N–H and O–H groups in total. The first-order chi connectivity index (χ1) is 8.65. The van der Waals surface area contributed by atoms with Gasteiger partial charge in [0, 0.05) is 12.6 Å². The van der Waals surface area contributed by atoms with Gasteiger partial charge in [0.05, 0.1) is 5.75 Å². The van der Waals surface area contributed by atoms with Crippen LogP contribution in [0.1, 0.15) is 38.5 Å². The van der Waals surface area contributed by atoms with Gasteiger partial charge in [-0.3, -0.25) is 0 Å². The van der Waals surface area contributed by atoms with Crippen LogP contribution in [0.25, 0.3) is 0 Å². The largest absolute Gasteiger partial charge is 0.317 e. The lowest BCUT2D eigenvalue weighted by molar-refractivity contribution is 0.283. The second kappa shape index (κ2) is 5.10. The quantitative estimate of drug-likeness (QED) is 0.790. The highest BCUT2D eigenvalue weighted by Crippen LogP contribution is 2.36. The maximum Gasteiger partial charge on any atom is 0.214 e. The minimum Gasteiger partial charge on any atom is -0.317 e. The Hall–Kier alpha value is -0.130. The average molecular weight is 272 g/mol. The Morgan fingerprint density at radius 2 is 1.61 bits per heavy atom. The van der Waals surface area contributed by atoms with Crippen LogP contribution in [0.15, 0.2) is 0 Å². The van der Waals surface area contributed by atoms with Crippen LogP contribution in [0.5, 0.6) is 0 Å². The van der Waals surface area contributed by atoms with Gasteiger partial charge in [0.2, 0.25) is 10.0 Å². The van der Waals surface area contributed by atoms with E-state index in [1.165, 1.54) is 0 Å². The molecular formula is C13H24N2O2S. The molecule has 0 aromatic rings. The first-order valence-electron chi connectivity index (χ1n) is 7.35. The van der Waals surface area contributed by atoms with E-state index in [0.717, 1.165) is 58.2 Å². The number of rotatable bonds is 6. The normalized spacial score (nSPS) is 26.7. The van der Waals surface area contributed by atoms with Gasteiger partial charge in [-0.2, -0.15) is 4.31 Å². The minimum atomic E-state index is -2.98. The first kappa shape index (κ1) is 12.9. The molecule has 0 bridgehead atoms. The molecule has 0 spiro atoms. The molecule has 0 amide bonds. The van der Waals surface area contributed by atoms with E-state index in [0.29, 0.717) is 23.6 Å². The van der Waals surface area contributed by atoms with Crippen molar-refractivity contribution in [2.75, 3.05) is 25.4 Å². The van der Waals surface area contributed by atoms with Gasteiger partial charge < -0.3 is 5.32 Å². The van der Waals surface area contributed by atoms with Crippen molar-refractivity contribution in [1.82, 2.24) is 9.62 Å². The van der Waals surface area contributed by atoms with Crippen molar-refractivity contribution in [3.05, 3.63) is 0 Å². The predicted octanol–water partition coefficient (Wildman–Crippen LogP) is 1.19. The van der Waals surface area contributed by atoms with Crippen LogP contribution < -0.4 is 5.32 Å². The van der Waals surface area contributed by atoms with Crippen LogP contribution in [0.2, 0.25) is 0 Å². The van der Waals surface area contributed by atoms with Gasteiger partial charge in [0.15, 0.2) is 0 Å². The van der Waals surface area contributed by atoms with E-state index in [1.54, 1.807) is 0 Å². The number of nitrogens with one attached hydrogen (secondary N) is 1. The van der Waals surface area contributed by atoms with Crippen LogP contribution >= 0.6 is 0 Å². The average Bonchev–Trinajstić information content (AvgIpc) is 3.21. The van der Waals surface area contributed by atoms with Crippen molar-refractivity contribution in [2.45, 2.75) is 44.6 Å². The molecule has 5 heteroatoms. The number of piperidine rings is 1. The molecule has 18 heavy (non-hydrogen) atoms. The van der Waals surface area contributed by atoms with E-state index in [-0.39, 0.29) is 0 Å². The van der Waals surface area contributed by atoms with Gasteiger partial charge in [0.1, 0.15) is 0 Å². The van der Waals surface area contributed by atoms with Crippen LogP contribution in [-0.4, -0.2) is 44.2 Å². The van der Waals surface area contributed by atoms with Gasteiger partial charge in [-0.1, -0.05) is 0 Å². The predicted molar refractivity (Wildman–Crippen MR) is 71.8 cm³/mol. The SMILES string of the molecule is O=S(=O)(CC1CC1)N(CC1CCNCC1)C1CC1. The van der Waals surface area contributed by atoms with E-state index < -0.39 is 10.0 Å². The molecule has 3 aliphatic rings. The lowest BCUT2D eigenvalue weighted by Gasteiger charge is -2.29. The Balaban J connectivity index is 1.63. The molecule has 0 aromatic carbocycles. The smallest absolute Gasteiger partial charge is 0.214 e. The Morgan fingerprint density at radius 3 is 2.17 bits per heavy atom. The second-order valence-electron chi connectivity index (χ2n) is 6.22. The summed E-state index contributed by atoms with van der Waals surface area (Å²) in [5, 5.41) is 3.35. The minimum absolute atomic E-state index is 0.337.